The number of amides is 1. The lowest BCUT2D eigenvalue weighted by Gasteiger charge is -2.05. The minimum absolute atomic E-state index is 0.236. The molecule has 0 aliphatic rings. The fourth-order valence-corrected chi connectivity index (χ4v) is 1.65. The third-order valence-electron chi connectivity index (χ3n) is 2.52. The fraction of sp³-hybridized carbons (Fsp3) is 0.0625. The monoisotopic (exact) mass is 269 g/mol. The van der Waals surface area contributed by atoms with Crippen molar-refractivity contribution in [1.82, 2.24) is 0 Å². The van der Waals surface area contributed by atoms with Gasteiger partial charge >= 0.3 is 0 Å². The van der Waals surface area contributed by atoms with E-state index in [9.17, 15) is 9.18 Å². The average molecular weight is 269 g/mol. The summed E-state index contributed by atoms with van der Waals surface area (Å²) >= 11 is 0. The number of carbonyl (C=O) groups is 1. The molecule has 0 saturated carbocycles. The van der Waals surface area contributed by atoms with E-state index in [1.807, 2.05) is 0 Å². The van der Waals surface area contributed by atoms with Gasteiger partial charge in [0, 0.05) is 16.8 Å². The predicted molar refractivity (Wildman–Crippen MR) is 74.8 cm³/mol. The van der Waals surface area contributed by atoms with E-state index < -0.39 is 5.82 Å². The van der Waals surface area contributed by atoms with E-state index in [1.54, 1.807) is 30.3 Å². The number of aliphatic hydroxyl groups excluding tert-OH is 1. The molecule has 2 N–H and O–H groups in total. The molecule has 0 bridgehead atoms. The Morgan fingerprint density at radius 1 is 1.20 bits per heavy atom. The van der Waals surface area contributed by atoms with Crippen molar-refractivity contribution < 1.29 is 14.3 Å². The first-order valence-electron chi connectivity index (χ1n) is 5.96. The van der Waals surface area contributed by atoms with Crippen molar-refractivity contribution in [2.75, 3.05) is 11.9 Å². The molecule has 0 atom stereocenters. The van der Waals surface area contributed by atoms with Crippen LogP contribution in [0.2, 0.25) is 0 Å². The van der Waals surface area contributed by atoms with Gasteiger partial charge in [-0.1, -0.05) is 24.0 Å². The minimum Gasteiger partial charge on any atom is -0.384 e. The molecule has 0 aliphatic heterocycles. The van der Waals surface area contributed by atoms with Crippen molar-refractivity contribution in [2.45, 2.75) is 0 Å². The van der Waals surface area contributed by atoms with Crippen molar-refractivity contribution in [1.29, 1.82) is 0 Å². The molecule has 0 saturated heterocycles. The zero-order chi connectivity index (χ0) is 14.4. The van der Waals surface area contributed by atoms with Crippen LogP contribution >= 0.6 is 0 Å². The fourth-order valence-electron chi connectivity index (χ4n) is 1.65. The van der Waals surface area contributed by atoms with E-state index in [0.29, 0.717) is 16.8 Å². The molecule has 0 spiro atoms. The smallest absolute Gasteiger partial charge is 0.255 e. The number of hydrogen-bond acceptors (Lipinski definition) is 2. The highest BCUT2D eigenvalue weighted by Gasteiger charge is 2.06. The van der Waals surface area contributed by atoms with Crippen LogP contribution in [0.4, 0.5) is 10.1 Å². The first kappa shape index (κ1) is 13.8. The third-order valence-corrected chi connectivity index (χ3v) is 2.52. The molecule has 0 aliphatic carbocycles. The predicted octanol–water partition coefficient (Wildman–Crippen LogP) is 2.42. The molecule has 0 unspecified atom stereocenters. The maximum absolute atomic E-state index is 13.0. The summed E-state index contributed by atoms with van der Waals surface area (Å²) in [4.78, 5) is 12.0. The molecular weight excluding hydrogens is 257 g/mol. The molecular formula is C16H12FNO2. The van der Waals surface area contributed by atoms with Crippen LogP contribution in [-0.2, 0) is 0 Å². The third kappa shape index (κ3) is 3.67. The number of benzene rings is 2. The highest BCUT2D eigenvalue weighted by Crippen LogP contribution is 2.12. The van der Waals surface area contributed by atoms with Gasteiger partial charge in [-0.3, -0.25) is 4.79 Å². The summed E-state index contributed by atoms with van der Waals surface area (Å²) in [6.45, 7) is -0.236. The molecule has 2 rings (SSSR count). The number of halogens is 1. The largest absolute Gasteiger partial charge is 0.384 e. The van der Waals surface area contributed by atoms with Crippen molar-refractivity contribution in [3.05, 3.63) is 65.5 Å². The van der Waals surface area contributed by atoms with Crippen molar-refractivity contribution in [3.8, 4) is 11.8 Å². The van der Waals surface area contributed by atoms with E-state index >= 15 is 0 Å². The van der Waals surface area contributed by atoms with Crippen LogP contribution in [0, 0.1) is 17.7 Å². The van der Waals surface area contributed by atoms with Gasteiger partial charge in [-0.05, 0) is 36.4 Å². The number of nitrogens with one attached hydrogen (secondary N) is 1. The molecule has 0 fully saturated rings. The molecule has 1 amide bonds. The summed E-state index contributed by atoms with van der Waals surface area (Å²) in [5.41, 5.74) is 1.44. The lowest BCUT2D eigenvalue weighted by Crippen LogP contribution is -2.12. The summed E-state index contributed by atoms with van der Waals surface area (Å²) in [5, 5.41) is 11.2. The Kier molecular flexibility index (Phi) is 4.48. The highest BCUT2D eigenvalue weighted by atomic mass is 19.1. The Morgan fingerprint density at radius 3 is 2.75 bits per heavy atom. The Labute approximate surface area is 116 Å². The lowest BCUT2D eigenvalue weighted by atomic mass is 10.1. The summed E-state index contributed by atoms with van der Waals surface area (Å²) < 4.78 is 13.0. The van der Waals surface area contributed by atoms with E-state index in [2.05, 4.69) is 17.2 Å². The summed E-state index contributed by atoms with van der Waals surface area (Å²) in [5.74, 6) is 4.48. The second-order valence-electron chi connectivity index (χ2n) is 4.01. The number of hydrogen-bond donors (Lipinski definition) is 2. The molecule has 0 heterocycles. The molecule has 3 nitrogen and oxygen atoms in total. The molecule has 2 aromatic rings. The number of rotatable bonds is 2. The number of carbonyl (C=O) groups excluding carboxylic acids is 1. The molecule has 100 valence electrons. The van der Waals surface area contributed by atoms with Crippen molar-refractivity contribution in [3.63, 3.8) is 0 Å². The van der Waals surface area contributed by atoms with Gasteiger partial charge in [-0.25, -0.2) is 4.39 Å². The zero-order valence-corrected chi connectivity index (χ0v) is 10.6. The van der Waals surface area contributed by atoms with Gasteiger partial charge in [0.25, 0.3) is 5.91 Å². The standard InChI is InChI=1S/C16H12FNO2/c17-14-7-2-8-15(11-14)18-16(20)13-6-1-4-12(10-13)5-3-9-19/h1-2,4,6-8,10-11,19H,9H2,(H,18,20). The average Bonchev–Trinajstić information content (AvgIpc) is 2.45. The maximum Gasteiger partial charge on any atom is 0.255 e. The number of anilines is 1. The Morgan fingerprint density at radius 2 is 2.00 bits per heavy atom. The summed E-state index contributed by atoms with van der Waals surface area (Å²) in [7, 11) is 0. The van der Waals surface area contributed by atoms with Gasteiger partial charge in [0.1, 0.15) is 12.4 Å². The van der Waals surface area contributed by atoms with Crippen LogP contribution in [0.1, 0.15) is 15.9 Å². The molecule has 0 aromatic heterocycles. The van der Waals surface area contributed by atoms with Gasteiger partial charge in [-0.2, -0.15) is 0 Å². The summed E-state index contributed by atoms with van der Waals surface area (Å²) in [6.07, 6.45) is 0. The Balaban J connectivity index is 2.17. The topological polar surface area (TPSA) is 49.3 Å². The minimum atomic E-state index is -0.412. The van der Waals surface area contributed by atoms with Crippen LogP contribution in [0.5, 0.6) is 0 Å². The Hall–Kier alpha value is -2.64. The van der Waals surface area contributed by atoms with E-state index in [1.165, 1.54) is 18.2 Å². The van der Waals surface area contributed by atoms with Crippen LogP contribution in [0.3, 0.4) is 0 Å². The Bertz CT molecular complexity index is 686. The van der Waals surface area contributed by atoms with Gasteiger partial charge in [-0.15, -0.1) is 0 Å². The SMILES string of the molecule is O=C(Nc1cccc(F)c1)c1cccc(C#CCO)c1. The lowest BCUT2D eigenvalue weighted by molar-refractivity contribution is 0.102. The first-order valence-corrected chi connectivity index (χ1v) is 5.96. The van der Waals surface area contributed by atoms with E-state index in [0.717, 1.165) is 0 Å². The quantitative estimate of drug-likeness (QED) is 0.823. The molecule has 20 heavy (non-hydrogen) atoms. The van der Waals surface area contributed by atoms with Crippen LogP contribution in [-0.4, -0.2) is 17.6 Å². The van der Waals surface area contributed by atoms with E-state index in [-0.39, 0.29) is 12.5 Å². The van der Waals surface area contributed by atoms with Crippen LogP contribution in [0.15, 0.2) is 48.5 Å². The van der Waals surface area contributed by atoms with Crippen LogP contribution in [0.25, 0.3) is 0 Å². The zero-order valence-electron chi connectivity index (χ0n) is 10.6. The van der Waals surface area contributed by atoms with Gasteiger partial charge in [0.2, 0.25) is 0 Å². The number of aliphatic hydroxyl groups is 1. The second-order valence-corrected chi connectivity index (χ2v) is 4.01. The van der Waals surface area contributed by atoms with Crippen LogP contribution < -0.4 is 5.32 Å². The van der Waals surface area contributed by atoms with Gasteiger partial charge < -0.3 is 10.4 Å². The summed E-state index contributed by atoms with van der Waals surface area (Å²) in [6, 6.07) is 12.4. The highest BCUT2D eigenvalue weighted by molar-refractivity contribution is 6.04. The van der Waals surface area contributed by atoms with Crippen molar-refractivity contribution >= 4 is 11.6 Å². The molecule has 0 radical (unpaired) electrons. The van der Waals surface area contributed by atoms with E-state index in [4.69, 9.17) is 5.11 Å². The normalized spacial score (nSPS) is 9.50. The van der Waals surface area contributed by atoms with Crippen molar-refractivity contribution in [2.24, 2.45) is 0 Å². The second kappa shape index (κ2) is 6.50. The first-order chi connectivity index (χ1) is 9.69. The maximum atomic E-state index is 13.0. The van der Waals surface area contributed by atoms with Gasteiger partial charge in [0.05, 0.1) is 0 Å². The van der Waals surface area contributed by atoms with Gasteiger partial charge in [0.15, 0.2) is 0 Å². The molecule has 2 aromatic carbocycles. The molecule has 4 heteroatoms.